The molecule has 2 nitrogen and oxygen atoms in total. The number of pyridine rings is 1. The van der Waals surface area contributed by atoms with E-state index in [0.29, 0.717) is 16.4 Å². The van der Waals surface area contributed by atoms with Crippen LogP contribution >= 0.6 is 24.0 Å². The van der Waals surface area contributed by atoms with Crippen LogP contribution in [0.4, 0.5) is 0 Å². The number of hydrogen-bond donors (Lipinski definition) is 0. The highest BCUT2D eigenvalue weighted by molar-refractivity contribution is 6.30. The van der Waals surface area contributed by atoms with Crippen LogP contribution in [0.15, 0.2) is 12.1 Å². The summed E-state index contributed by atoms with van der Waals surface area (Å²) in [7, 11) is 0. The van der Waals surface area contributed by atoms with Crippen LogP contribution in [-0.2, 0) is 0 Å². The topological polar surface area (TPSA) is 26.9 Å². The van der Waals surface area contributed by atoms with Crippen LogP contribution in [0.25, 0.3) is 0 Å². The first kappa shape index (κ1) is 10.5. The lowest BCUT2D eigenvalue weighted by molar-refractivity contribution is -0.619. The van der Waals surface area contributed by atoms with Gasteiger partial charge in [-0.1, -0.05) is 11.6 Å². The van der Waals surface area contributed by atoms with E-state index in [4.69, 9.17) is 11.6 Å². The largest absolute Gasteiger partial charge is 0.618 e. The number of aryl methyl sites for hydroxylation is 2. The van der Waals surface area contributed by atoms with Crippen molar-refractivity contribution in [3.8, 4) is 0 Å². The van der Waals surface area contributed by atoms with Crippen LogP contribution in [-0.4, -0.2) is 0 Å². The highest BCUT2D eigenvalue weighted by Gasteiger charge is 2.03. The monoisotopic (exact) mass is 193 g/mol. The van der Waals surface area contributed by atoms with Gasteiger partial charge in [-0.25, -0.2) is 0 Å². The van der Waals surface area contributed by atoms with E-state index in [1.54, 1.807) is 26.0 Å². The van der Waals surface area contributed by atoms with Gasteiger partial charge in [0, 0.05) is 26.0 Å². The first-order valence-electron chi connectivity index (χ1n) is 2.97. The predicted molar refractivity (Wildman–Crippen MR) is 47.1 cm³/mol. The van der Waals surface area contributed by atoms with Gasteiger partial charge in [0.25, 0.3) is 0 Å². The van der Waals surface area contributed by atoms with Gasteiger partial charge in [-0.05, 0) is 0 Å². The average molecular weight is 194 g/mol. The Labute approximate surface area is 76.8 Å². The molecule has 0 saturated carbocycles. The lowest BCUT2D eigenvalue weighted by atomic mass is 10.3. The van der Waals surface area contributed by atoms with Gasteiger partial charge in [0.2, 0.25) is 0 Å². The fraction of sp³-hybridized carbons (Fsp3) is 0.286. The molecule has 0 spiro atoms. The molecule has 0 aromatic carbocycles. The molecule has 1 aromatic heterocycles. The van der Waals surface area contributed by atoms with Crippen molar-refractivity contribution in [3.63, 3.8) is 0 Å². The first-order valence-corrected chi connectivity index (χ1v) is 3.35. The zero-order valence-electron chi connectivity index (χ0n) is 6.30. The third-order valence-electron chi connectivity index (χ3n) is 1.33. The van der Waals surface area contributed by atoms with Crippen LogP contribution in [0, 0.1) is 19.1 Å². The maximum absolute atomic E-state index is 11.0. The second-order valence-electron chi connectivity index (χ2n) is 2.25. The highest BCUT2D eigenvalue weighted by atomic mass is 35.5. The third-order valence-corrected chi connectivity index (χ3v) is 1.55. The van der Waals surface area contributed by atoms with Crippen molar-refractivity contribution in [2.75, 3.05) is 0 Å². The fourth-order valence-electron chi connectivity index (χ4n) is 0.836. The normalized spacial score (nSPS) is 9.00. The molecule has 0 fully saturated rings. The summed E-state index contributed by atoms with van der Waals surface area (Å²) in [6.07, 6.45) is 0. The van der Waals surface area contributed by atoms with Gasteiger partial charge in [0.05, 0.1) is 5.02 Å². The molecule has 11 heavy (non-hydrogen) atoms. The molecule has 0 saturated heterocycles. The van der Waals surface area contributed by atoms with Gasteiger partial charge in [0.15, 0.2) is 11.4 Å². The molecule has 0 unspecified atom stereocenters. The third kappa shape index (κ3) is 2.24. The smallest absolute Gasteiger partial charge is 0.191 e. The Morgan fingerprint density at radius 1 is 1.27 bits per heavy atom. The summed E-state index contributed by atoms with van der Waals surface area (Å²) in [5.41, 5.74) is 1.26. The Hall–Kier alpha value is -0.470. The molecule has 1 aromatic rings. The SMILES string of the molecule is Cc1cc(Cl)cc(C)[n+]1[O-].Cl. The van der Waals surface area contributed by atoms with Gasteiger partial charge in [-0.3, -0.25) is 0 Å². The molecular weight excluding hydrogens is 185 g/mol. The molecule has 0 aliphatic rings. The highest BCUT2D eigenvalue weighted by Crippen LogP contribution is 2.08. The van der Waals surface area contributed by atoms with E-state index in [9.17, 15) is 5.21 Å². The number of halogens is 2. The van der Waals surface area contributed by atoms with Crippen molar-refractivity contribution in [3.05, 3.63) is 33.8 Å². The quantitative estimate of drug-likeness (QED) is 0.458. The summed E-state index contributed by atoms with van der Waals surface area (Å²) in [5.74, 6) is 0. The van der Waals surface area contributed by atoms with Gasteiger partial charge >= 0.3 is 0 Å². The summed E-state index contributed by atoms with van der Waals surface area (Å²) in [4.78, 5) is 0. The van der Waals surface area contributed by atoms with Crippen molar-refractivity contribution < 1.29 is 4.73 Å². The second kappa shape index (κ2) is 3.79. The maximum atomic E-state index is 11.0. The summed E-state index contributed by atoms with van der Waals surface area (Å²) in [5, 5.41) is 11.6. The van der Waals surface area contributed by atoms with Crippen molar-refractivity contribution >= 4 is 24.0 Å². The van der Waals surface area contributed by atoms with E-state index < -0.39 is 0 Å². The lowest BCUT2D eigenvalue weighted by Crippen LogP contribution is -2.33. The van der Waals surface area contributed by atoms with Crippen molar-refractivity contribution in [1.82, 2.24) is 0 Å². The molecule has 0 aliphatic carbocycles. The Morgan fingerprint density at radius 2 is 1.64 bits per heavy atom. The fourth-order valence-corrected chi connectivity index (χ4v) is 1.15. The first-order chi connectivity index (χ1) is 4.61. The minimum Gasteiger partial charge on any atom is -0.618 e. The molecule has 1 heterocycles. The summed E-state index contributed by atoms with van der Waals surface area (Å²) < 4.78 is 0.853. The lowest BCUT2D eigenvalue weighted by Gasteiger charge is -2.02. The van der Waals surface area contributed by atoms with Gasteiger partial charge in [0.1, 0.15) is 0 Å². The van der Waals surface area contributed by atoms with Crippen LogP contribution in [0.1, 0.15) is 11.4 Å². The molecule has 1 rings (SSSR count). The summed E-state index contributed by atoms with van der Waals surface area (Å²) >= 11 is 5.67. The van der Waals surface area contributed by atoms with Crippen LogP contribution < -0.4 is 4.73 Å². The number of nitrogens with zero attached hydrogens (tertiary/aromatic N) is 1. The van der Waals surface area contributed by atoms with E-state index in [2.05, 4.69) is 0 Å². The Balaban J connectivity index is 0.000001000. The number of hydrogen-bond acceptors (Lipinski definition) is 1. The predicted octanol–water partition coefficient (Wildman–Crippen LogP) is 2.01. The van der Waals surface area contributed by atoms with E-state index in [1.165, 1.54) is 0 Å². The molecule has 0 atom stereocenters. The number of aromatic nitrogens is 1. The molecule has 0 N–H and O–H groups in total. The van der Waals surface area contributed by atoms with Crippen LogP contribution in [0.2, 0.25) is 5.02 Å². The molecule has 0 amide bonds. The van der Waals surface area contributed by atoms with E-state index in [0.717, 1.165) is 4.73 Å². The van der Waals surface area contributed by atoms with E-state index in [-0.39, 0.29) is 12.4 Å². The minimum atomic E-state index is 0. The summed E-state index contributed by atoms with van der Waals surface area (Å²) in [6, 6.07) is 3.28. The molecule has 62 valence electrons. The summed E-state index contributed by atoms with van der Waals surface area (Å²) in [6.45, 7) is 3.46. The van der Waals surface area contributed by atoms with Gasteiger partial charge < -0.3 is 5.21 Å². The van der Waals surface area contributed by atoms with Gasteiger partial charge in [-0.15, -0.1) is 12.4 Å². The standard InChI is InChI=1S/C7H8ClNO.ClH/c1-5-3-7(8)4-6(2)9(5)10;/h3-4H,1-2H3;1H. The van der Waals surface area contributed by atoms with Crippen LogP contribution in [0.5, 0.6) is 0 Å². The van der Waals surface area contributed by atoms with Gasteiger partial charge in [-0.2, -0.15) is 4.73 Å². The van der Waals surface area contributed by atoms with Crippen molar-refractivity contribution in [2.45, 2.75) is 13.8 Å². The maximum Gasteiger partial charge on any atom is 0.191 e. The minimum absolute atomic E-state index is 0. The zero-order chi connectivity index (χ0) is 7.72. The Morgan fingerprint density at radius 3 is 2.00 bits per heavy atom. The molecule has 0 bridgehead atoms. The number of rotatable bonds is 0. The van der Waals surface area contributed by atoms with Crippen LogP contribution in [0.3, 0.4) is 0 Å². The zero-order valence-corrected chi connectivity index (χ0v) is 7.87. The Bertz CT molecular complexity index is 240. The second-order valence-corrected chi connectivity index (χ2v) is 2.69. The van der Waals surface area contributed by atoms with Crippen molar-refractivity contribution in [1.29, 1.82) is 0 Å². The van der Waals surface area contributed by atoms with E-state index >= 15 is 0 Å². The molecule has 4 heteroatoms. The average Bonchev–Trinajstić information content (AvgIpc) is 1.82. The molecule has 0 radical (unpaired) electrons. The Kier molecular flexibility index (Phi) is 3.63. The molecule has 0 aliphatic heterocycles. The van der Waals surface area contributed by atoms with Crippen molar-refractivity contribution in [2.24, 2.45) is 0 Å². The molecular formula is C7H9Cl2NO. The van der Waals surface area contributed by atoms with E-state index in [1.807, 2.05) is 0 Å².